The summed E-state index contributed by atoms with van der Waals surface area (Å²) in [5, 5.41) is 2.93. The van der Waals surface area contributed by atoms with Gasteiger partial charge >= 0.3 is 0 Å². The number of oxazole rings is 1. The molecule has 0 fully saturated rings. The second-order valence-corrected chi connectivity index (χ2v) is 4.60. The Morgan fingerprint density at radius 2 is 2.25 bits per heavy atom. The molecule has 4 N–H and O–H groups in total. The van der Waals surface area contributed by atoms with Crippen LogP contribution in [-0.4, -0.2) is 15.9 Å². The van der Waals surface area contributed by atoms with Crippen LogP contribution in [-0.2, 0) is 0 Å². The molecule has 2 aromatic heterocycles. The third kappa shape index (κ3) is 3.25. The summed E-state index contributed by atoms with van der Waals surface area (Å²) in [6.45, 7) is 3.56. The highest BCUT2D eigenvalue weighted by Gasteiger charge is 2.16. The SMILES string of the molecule is Cc1cnc(C(C)NC(=O)c2cc(Cl)nc(NN)c2)o1. The lowest BCUT2D eigenvalue weighted by Crippen LogP contribution is -2.27. The van der Waals surface area contributed by atoms with Gasteiger partial charge in [0.2, 0.25) is 5.89 Å². The van der Waals surface area contributed by atoms with Gasteiger partial charge < -0.3 is 15.2 Å². The number of rotatable bonds is 4. The molecular weight excluding hydrogens is 282 g/mol. The lowest BCUT2D eigenvalue weighted by atomic mass is 10.2. The van der Waals surface area contributed by atoms with Crippen molar-refractivity contribution in [2.75, 3.05) is 5.43 Å². The quantitative estimate of drug-likeness (QED) is 0.451. The number of halogens is 1. The fourth-order valence-corrected chi connectivity index (χ4v) is 1.82. The van der Waals surface area contributed by atoms with Gasteiger partial charge in [-0.2, -0.15) is 0 Å². The van der Waals surface area contributed by atoms with E-state index < -0.39 is 0 Å². The van der Waals surface area contributed by atoms with Gasteiger partial charge in [0, 0.05) is 5.56 Å². The Hall–Kier alpha value is -2.12. The Balaban J connectivity index is 2.13. The maximum Gasteiger partial charge on any atom is 0.252 e. The van der Waals surface area contributed by atoms with Gasteiger partial charge in [-0.05, 0) is 26.0 Å². The minimum absolute atomic E-state index is 0.172. The summed E-state index contributed by atoms with van der Waals surface area (Å²) in [7, 11) is 0. The molecule has 0 aromatic carbocycles. The van der Waals surface area contributed by atoms with Crippen LogP contribution >= 0.6 is 11.6 Å². The summed E-state index contributed by atoms with van der Waals surface area (Å²) in [4.78, 5) is 20.1. The summed E-state index contributed by atoms with van der Waals surface area (Å²) < 4.78 is 5.35. The highest BCUT2D eigenvalue weighted by Crippen LogP contribution is 2.16. The average molecular weight is 296 g/mol. The summed E-state index contributed by atoms with van der Waals surface area (Å²) in [6.07, 6.45) is 1.59. The number of amides is 1. The third-order valence-electron chi connectivity index (χ3n) is 2.56. The molecule has 2 rings (SSSR count). The Morgan fingerprint density at radius 1 is 1.50 bits per heavy atom. The van der Waals surface area contributed by atoms with E-state index in [-0.39, 0.29) is 17.1 Å². The number of nitrogen functional groups attached to an aromatic ring is 1. The van der Waals surface area contributed by atoms with E-state index in [9.17, 15) is 4.79 Å². The Labute approximate surface area is 120 Å². The molecule has 0 saturated heterocycles. The summed E-state index contributed by atoms with van der Waals surface area (Å²) in [5.74, 6) is 6.36. The number of carbonyl (C=O) groups is 1. The monoisotopic (exact) mass is 295 g/mol. The molecule has 0 spiro atoms. The van der Waals surface area contributed by atoms with Crippen LogP contribution in [0.5, 0.6) is 0 Å². The molecule has 0 bridgehead atoms. The topological polar surface area (TPSA) is 106 Å². The van der Waals surface area contributed by atoms with Gasteiger partial charge in [-0.1, -0.05) is 11.6 Å². The zero-order valence-corrected chi connectivity index (χ0v) is 11.7. The number of aromatic nitrogens is 2. The molecule has 7 nitrogen and oxygen atoms in total. The molecule has 0 aliphatic rings. The first-order chi connectivity index (χ1) is 9.49. The van der Waals surface area contributed by atoms with Crippen LogP contribution in [0, 0.1) is 6.92 Å². The van der Waals surface area contributed by atoms with Crippen LogP contribution < -0.4 is 16.6 Å². The number of hydrogen-bond donors (Lipinski definition) is 3. The number of aryl methyl sites for hydroxylation is 1. The Morgan fingerprint density at radius 3 is 2.85 bits per heavy atom. The highest BCUT2D eigenvalue weighted by atomic mass is 35.5. The zero-order valence-electron chi connectivity index (χ0n) is 11.0. The number of carbonyl (C=O) groups excluding carboxylic acids is 1. The number of pyridine rings is 1. The largest absolute Gasteiger partial charge is 0.444 e. The fraction of sp³-hybridized carbons (Fsp3) is 0.250. The van der Waals surface area contributed by atoms with Gasteiger partial charge in [-0.25, -0.2) is 15.8 Å². The minimum atomic E-state index is -0.363. The summed E-state index contributed by atoms with van der Waals surface area (Å²) in [6, 6.07) is 2.58. The molecule has 20 heavy (non-hydrogen) atoms. The lowest BCUT2D eigenvalue weighted by Gasteiger charge is -2.11. The maximum absolute atomic E-state index is 12.1. The van der Waals surface area contributed by atoms with E-state index in [0.29, 0.717) is 23.0 Å². The Kier molecular flexibility index (Phi) is 4.21. The smallest absolute Gasteiger partial charge is 0.252 e. The van der Waals surface area contributed by atoms with Crippen molar-refractivity contribution in [3.05, 3.63) is 40.7 Å². The first kappa shape index (κ1) is 14.3. The van der Waals surface area contributed by atoms with Gasteiger partial charge in [0.25, 0.3) is 5.91 Å². The van der Waals surface area contributed by atoms with E-state index in [1.807, 2.05) is 0 Å². The molecule has 8 heteroatoms. The van der Waals surface area contributed by atoms with Crippen molar-refractivity contribution >= 4 is 23.3 Å². The van der Waals surface area contributed by atoms with Crippen LogP contribution in [0.25, 0.3) is 0 Å². The molecule has 2 aromatic rings. The van der Waals surface area contributed by atoms with E-state index in [1.165, 1.54) is 12.1 Å². The molecule has 0 saturated carbocycles. The molecule has 106 valence electrons. The van der Waals surface area contributed by atoms with Gasteiger partial charge in [-0.15, -0.1) is 0 Å². The number of hydrogen-bond acceptors (Lipinski definition) is 6. The number of nitrogens with one attached hydrogen (secondary N) is 2. The first-order valence-electron chi connectivity index (χ1n) is 5.87. The van der Waals surface area contributed by atoms with Crippen molar-refractivity contribution in [2.24, 2.45) is 5.84 Å². The van der Waals surface area contributed by atoms with E-state index in [4.69, 9.17) is 21.9 Å². The molecular formula is C12H14ClN5O2. The van der Waals surface area contributed by atoms with Crippen molar-refractivity contribution in [1.82, 2.24) is 15.3 Å². The van der Waals surface area contributed by atoms with Crippen molar-refractivity contribution < 1.29 is 9.21 Å². The minimum Gasteiger partial charge on any atom is -0.444 e. The normalized spacial score (nSPS) is 12.0. The van der Waals surface area contributed by atoms with Gasteiger partial charge in [0.1, 0.15) is 22.8 Å². The molecule has 0 aliphatic carbocycles. The van der Waals surface area contributed by atoms with Crippen molar-refractivity contribution in [3.63, 3.8) is 0 Å². The molecule has 1 unspecified atom stereocenters. The maximum atomic E-state index is 12.1. The van der Waals surface area contributed by atoms with Crippen molar-refractivity contribution in [1.29, 1.82) is 0 Å². The van der Waals surface area contributed by atoms with Crippen molar-refractivity contribution in [3.8, 4) is 0 Å². The van der Waals surface area contributed by atoms with Crippen LogP contribution in [0.3, 0.4) is 0 Å². The van der Waals surface area contributed by atoms with Gasteiger partial charge in [-0.3, -0.25) is 4.79 Å². The number of anilines is 1. The molecule has 1 amide bonds. The Bertz CT molecular complexity index is 628. The first-order valence-corrected chi connectivity index (χ1v) is 6.25. The average Bonchev–Trinajstić information content (AvgIpc) is 2.84. The zero-order chi connectivity index (χ0) is 14.7. The third-order valence-corrected chi connectivity index (χ3v) is 2.75. The predicted octanol–water partition coefficient (Wildman–Crippen LogP) is 1.81. The van der Waals surface area contributed by atoms with E-state index >= 15 is 0 Å². The van der Waals surface area contributed by atoms with E-state index in [2.05, 4.69) is 20.7 Å². The second kappa shape index (κ2) is 5.89. The lowest BCUT2D eigenvalue weighted by molar-refractivity contribution is 0.0934. The highest BCUT2D eigenvalue weighted by molar-refractivity contribution is 6.29. The van der Waals surface area contributed by atoms with Crippen LogP contribution in [0.4, 0.5) is 5.82 Å². The van der Waals surface area contributed by atoms with Crippen LogP contribution in [0.2, 0.25) is 5.15 Å². The van der Waals surface area contributed by atoms with Crippen LogP contribution in [0.15, 0.2) is 22.7 Å². The predicted molar refractivity (Wildman–Crippen MR) is 74.2 cm³/mol. The molecule has 0 aliphatic heterocycles. The van der Waals surface area contributed by atoms with Crippen LogP contribution in [0.1, 0.15) is 35.0 Å². The van der Waals surface area contributed by atoms with Crippen molar-refractivity contribution in [2.45, 2.75) is 19.9 Å². The van der Waals surface area contributed by atoms with E-state index in [0.717, 1.165) is 0 Å². The number of nitrogens with two attached hydrogens (primary N) is 1. The van der Waals surface area contributed by atoms with Gasteiger partial charge in [0.15, 0.2) is 0 Å². The molecule has 1 atom stereocenters. The summed E-state index contributed by atoms with van der Waals surface area (Å²) >= 11 is 5.81. The molecule has 2 heterocycles. The summed E-state index contributed by atoms with van der Waals surface area (Å²) in [5.41, 5.74) is 2.69. The number of hydrazine groups is 1. The second-order valence-electron chi connectivity index (χ2n) is 4.21. The molecule has 0 radical (unpaired) electrons. The fourth-order valence-electron chi connectivity index (χ4n) is 1.62. The standard InChI is InChI=1S/C12H14ClN5O2/c1-6-5-15-12(20-6)7(2)16-11(19)8-3-9(13)17-10(4-8)18-14/h3-5,7H,14H2,1-2H3,(H,16,19)(H,17,18). The number of nitrogens with zero attached hydrogens (tertiary/aromatic N) is 2. The van der Waals surface area contributed by atoms with Gasteiger partial charge in [0.05, 0.1) is 6.20 Å². The van der Waals surface area contributed by atoms with E-state index in [1.54, 1.807) is 20.0 Å².